The van der Waals surface area contributed by atoms with E-state index in [1.165, 1.54) is 0 Å². The molecule has 3 rings (SSSR count). The van der Waals surface area contributed by atoms with Gasteiger partial charge in [-0.3, -0.25) is 4.98 Å². The molecule has 0 saturated carbocycles. The maximum absolute atomic E-state index is 11.8. The van der Waals surface area contributed by atoms with Crippen LogP contribution in [-0.2, 0) is 4.74 Å². The van der Waals surface area contributed by atoms with Gasteiger partial charge in [0.15, 0.2) is 0 Å². The molecule has 1 heterocycles. The Morgan fingerprint density at radius 3 is 2.38 bits per heavy atom. The van der Waals surface area contributed by atoms with Crippen LogP contribution in [0.2, 0.25) is 0 Å². The van der Waals surface area contributed by atoms with E-state index in [4.69, 9.17) is 9.47 Å². The molecule has 1 aromatic heterocycles. The van der Waals surface area contributed by atoms with Crippen LogP contribution >= 0.6 is 0 Å². The molecule has 4 nitrogen and oxygen atoms in total. The van der Waals surface area contributed by atoms with Gasteiger partial charge in [-0.1, -0.05) is 18.2 Å². The van der Waals surface area contributed by atoms with E-state index in [0.29, 0.717) is 17.9 Å². The predicted octanol–water partition coefficient (Wildman–Crippen LogP) is 4.72. The second-order valence-electron chi connectivity index (χ2n) is 5.09. The van der Waals surface area contributed by atoms with Crippen LogP contribution in [0.1, 0.15) is 17.3 Å². The molecule has 4 heteroatoms. The highest BCUT2D eigenvalue weighted by atomic mass is 16.5. The predicted molar refractivity (Wildman–Crippen MR) is 92.1 cm³/mol. The first kappa shape index (κ1) is 15.7. The van der Waals surface area contributed by atoms with Gasteiger partial charge in [0, 0.05) is 11.8 Å². The van der Waals surface area contributed by atoms with Crippen molar-refractivity contribution >= 4 is 5.97 Å². The summed E-state index contributed by atoms with van der Waals surface area (Å²) in [4.78, 5) is 16.1. The van der Waals surface area contributed by atoms with Crippen molar-refractivity contribution < 1.29 is 14.3 Å². The van der Waals surface area contributed by atoms with Crippen molar-refractivity contribution in [1.82, 2.24) is 4.98 Å². The Bertz CT molecular complexity index is 814. The third-order valence-corrected chi connectivity index (χ3v) is 3.40. The number of hydrogen-bond acceptors (Lipinski definition) is 4. The van der Waals surface area contributed by atoms with E-state index in [9.17, 15) is 4.79 Å². The van der Waals surface area contributed by atoms with E-state index in [-0.39, 0.29) is 5.97 Å². The fourth-order valence-electron chi connectivity index (χ4n) is 2.25. The fourth-order valence-corrected chi connectivity index (χ4v) is 2.25. The number of hydrogen-bond donors (Lipinski definition) is 0. The number of para-hydroxylation sites is 1. The summed E-state index contributed by atoms with van der Waals surface area (Å²) in [5.41, 5.74) is 2.11. The smallest absolute Gasteiger partial charge is 0.338 e. The van der Waals surface area contributed by atoms with Gasteiger partial charge in [-0.2, -0.15) is 0 Å². The standard InChI is InChI=1S/C20H17NO3/c1-2-23-20(22)16-12-13-21-19(14-16)15-8-10-18(11-9-15)24-17-6-4-3-5-7-17/h3-14H,2H2,1H3. The lowest BCUT2D eigenvalue weighted by Gasteiger charge is -2.07. The van der Waals surface area contributed by atoms with Crippen LogP contribution in [0.25, 0.3) is 11.3 Å². The number of carbonyl (C=O) groups excluding carboxylic acids is 1. The summed E-state index contributed by atoms with van der Waals surface area (Å²) in [6.07, 6.45) is 1.61. The van der Waals surface area contributed by atoms with Gasteiger partial charge in [-0.15, -0.1) is 0 Å². The number of carbonyl (C=O) groups is 1. The zero-order valence-corrected chi connectivity index (χ0v) is 13.3. The summed E-state index contributed by atoms with van der Waals surface area (Å²) < 4.78 is 10.8. The maximum atomic E-state index is 11.8. The molecule has 24 heavy (non-hydrogen) atoms. The average molecular weight is 319 g/mol. The number of aromatic nitrogens is 1. The lowest BCUT2D eigenvalue weighted by molar-refractivity contribution is 0.0526. The summed E-state index contributed by atoms with van der Waals surface area (Å²) in [6, 6.07) is 20.5. The minimum Gasteiger partial charge on any atom is -0.462 e. The molecule has 0 atom stereocenters. The van der Waals surface area contributed by atoms with Gasteiger partial charge in [0.2, 0.25) is 0 Å². The summed E-state index contributed by atoms with van der Waals surface area (Å²) in [6.45, 7) is 2.13. The van der Waals surface area contributed by atoms with Crippen LogP contribution < -0.4 is 4.74 Å². The van der Waals surface area contributed by atoms with Crippen LogP contribution in [0.3, 0.4) is 0 Å². The molecule has 0 radical (unpaired) electrons. The average Bonchev–Trinajstić information content (AvgIpc) is 2.63. The molecular formula is C20H17NO3. The molecule has 0 aliphatic carbocycles. The molecular weight excluding hydrogens is 302 g/mol. The van der Waals surface area contributed by atoms with E-state index < -0.39 is 0 Å². The lowest BCUT2D eigenvalue weighted by Crippen LogP contribution is -2.04. The normalized spacial score (nSPS) is 10.2. The van der Waals surface area contributed by atoms with Gasteiger partial charge in [0.05, 0.1) is 17.9 Å². The van der Waals surface area contributed by atoms with Crippen LogP contribution in [0, 0.1) is 0 Å². The number of nitrogens with zero attached hydrogens (tertiary/aromatic N) is 1. The van der Waals surface area contributed by atoms with Gasteiger partial charge in [-0.05, 0) is 55.5 Å². The summed E-state index contributed by atoms with van der Waals surface area (Å²) in [5, 5.41) is 0. The first-order valence-corrected chi connectivity index (χ1v) is 7.73. The van der Waals surface area contributed by atoms with Crippen LogP contribution in [-0.4, -0.2) is 17.6 Å². The Kier molecular flexibility index (Phi) is 4.87. The Morgan fingerprint density at radius 1 is 0.958 bits per heavy atom. The Balaban J connectivity index is 1.78. The third-order valence-electron chi connectivity index (χ3n) is 3.40. The first-order valence-electron chi connectivity index (χ1n) is 7.73. The number of benzene rings is 2. The van der Waals surface area contributed by atoms with Crippen LogP contribution in [0.15, 0.2) is 72.9 Å². The van der Waals surface area contributed by atoms with Crippen molar-refractivity contribution in [3.05, 3.63) is 78.5 Å². The fraction of sp³-hybridized carbons (Fsp3) is 0.100. The van der Waals surface area contributed by atoms with Crippen molar-refractivity contribution in [1.29, 1.82) is 0 Å². The van der Waals surface area contributed by atoms with E-state index in [1.54, 1.807) is 25.3 Å². The molecule has 0 saturated heterocycles. The van der Waals surface area contributed by atoms with Crippen molar-refractivity contribution in [3.8, 4) is 22.8 Å². The molecule has 120 valence electrons. The SMILES string of the molecule is CCOC(=O)c1ccnc(-c2ccc(Oc3ccccc3)cc2)c1. The largest absolute Gasteiger partial charge is 0.462 e. The highest BCUT2D eigenvalue weighted by molar-refractivity contribution is 5.90. The Morgan fingerprint density at radius 2 is 1.67 bits per heavy atom. The van der Waals surface area contributed by atoms with E-state index in [0.717, 1.165) is 17.1 Å². The van der Waals surface area contributed by atoms with Gasteiger partial charge in [-0.25, -0.2) is 4.79 Å². The second kappa shape index (κ2) is 7.42. The minimum atomic E-state index is -0.342. The number of esters is 1. The van der Waals surface area contributed by atoms with Crippen molar-refractivity contribution in [2.24, 2.45) is 0 Å². The molecule has 0 bridgehead atoms. The molecule has 2 aromatic carbocycles. The molecule has 0 amide bonds. The van der Waals surface area contributed by atoms with Crippen molar-refractivity contribution in [2.45, 2.75) is 6.92 Å². The van der Waals surface area contributed by atoms with Gasteiger partial charge >= 0.3 is 5.97 Å². The summed E-state index contributed by atoms with van der Waals surface area (Å²) >= 11 is 0. The van der Waals surface area contributed by atoms with E-state index >= 15 is 0 Å². The summed E-state index contributed by atoms with van der Waals surface area (Å²) in [5.74, 6) is 1.18. The van der Waals surface area contributed by atoms with Crippen LogP contribution in [0.4, 0.5) is 0 Å². The molecule has 0 unspecified atom stereocenters. The number of rotatable bonds is 5. The number of ether oxygens (including phenoxy) is 2. The first-order chi connectivity index (χ1) is 11.8. The molecule has 0 spiro atoms. The molecule has 0 fully saturated rings. The zero-order chi connectivity index (χ0) is 16.8. The van der Waals surface area contributed by atoms with Crippen molar-refractivity contribution in [3.63, 3.8) is 0 Å². The zero-order valence-electron chi connectivity index (χ0n) is 13.3. The second-order valence-corrected chi connectivity index (χ2v) is 5.09. The third kappa shape index (κ3) is 3.79. The highest BCUT2D eigenvalue weighted by Gasteiger charge is 2.09. The lowest BCUT2D eigenvalue weighted by atomic mass is 10.1. The molecule has 3 aromatic rings. The molecule has 0 aliphatic heterocycles. The molecule has 0 N–H and O–H groups in total. The topological polar surface area (TPSA) is 48.4 Å². The van der Waals surface area contributed by atoms with Gasteiger partial charge in [0.1, 0.15) is 11.5 Å². The monoisotopic (exact) mass is 319 g/mol. The van der Waals surface area contributed by atoms with Gasteiger partial charge < -0.3 is 9.47 Å². The van der Waals surface area contributed by atoms with Crippen molar-refractivity contribution in [2.75, 3.05) is 6.61 Å². The van der Waals surface area contributed by atoms with E-state index in [2.05, 4.69) is 4.98 Å². The summed E-state index contributed by atoms with van der Waals surface area (Å²) in [7, 11) is 0. The maximum Gasteiger partial charge on any atom is 0.338 e. The van der Waals surface area contributed by atoms with E-state index in [1.807, 2.05) is 54.6 Å². The van der Waals surface area contributed by atoms with Gasteiger partial charge in [0.25, 0.3) is 0 Å². The molecule has 0 aliphatic rings. The quantitative estimate of drug-likeness (QED) is 0.639. The number of pyridine rings is 1. The van der Waals surface area contributed by atoms with Crippen LogP contribution in [0.5, 0.6) is 11.5 Å². The highest BCUT2D eigenvalue weighted by Crippen LogP contribution is 2.25. The Hall–Kier alpha value is -3.14. The minimum absolute atomic E-state index is 0.342. The Labute approximate surface area is 140 Å².